The molecule has 1 aromatic rings. The number of nitrogens with one attached hydrogen (secondary N) is 2. The van der Waals surface area contributed by atoms with Gasteiger partial charge in [0.25, 0.3) is 0 Å². The van der Waals surface area contributed by atoms with Crippen molar-refractivity contribution in [3.63, 3.8) is 0 Å². The third-order valence-corrected chi connectivity index (χ3v) is 2.18. The Hall–Kier alpha value is -1.59. The molecule has 0 saturated heterocycles. The van der Waals surface area contributed by atoms with Crippen LogP contribution in [0.3, 0.4) is 0 Å². The maximum Gasteiger partial charge on any atom is 0.321 e. The van der Waals surface area contributed by atoms with Crippen molar-refractivity contribution in [2.75, 3.05) is 18.4 Å². The first-order valence-electron chi connectivity index (χ1n) is 5.86. The van der Waals surface area contributed by atoms with E-state index < -0.39 is 0 Å². The molecular weight excluding hydrogens is 220 g/mol. The van der Waals surface area contributed by atoms with Gasteiger partial charge in [-0.25, -0.2) is 0 Å². The number of hydrogen-bond acceptors (Lipinski definition) is 5. The fourth-order valence-corrected chi connectivity index (χ4v) is 1.10. The third kappa shape index (κ3) is 4.42. The number of nitrogens with zero attached hydrogens (tertiary/aromatic N) is 2. The summed E-state index contributed by atoms with van der Waals surface area (Å²) in [4.78, 5) is 15.4. The highest BCUT2D eigenvalue weighted by atomic mass is 16.5. The Bertz CT molecular complexity index is 360. The van der Waals surface area contributed by atoms with E-state index in [0.717, 1.165) is 0 Å². The van der Waals surface area contributed by atoms with Gasteiger partial charge in [-0.05, 0) is 0 Å². The Kier molecular flexibility index (Phi) is 4.93. The zero-order valence-electron chi connectivity index (χ0n) is 10.8. The van der Waals surface area contributed by atoms with Crippen molar-refractivity contribution in [2.45, 2.75) is 33.6 Å². The minimum atomic E-state index is 0.00551. The Morgan fingerprint density at radius 1 is 1.29 bits per heavy atom. The molecule has 17 heavy (non-hydrogen) atoms. The van der Waals surface area contributed by atoms with Gasteiger partial charge < -0.3 is 15.2 Å². The van der Waals surface area contributed by atoms with Crippen LogP contribution in [-0.4, -0.2) is 29.1 Å². The largest absolute Gasteiger partial charge is 0.354 e. The van der Waals surface area contributed by atoms with Gasteiger partial charge in [-0.15, -0.1) is 0 Å². The second kappa shape index (κ2) is 6.22. The van der Waals surface area contributed by atoms with Gasteiger partial charge in [0, 0.05) is 24.9 Å². The first-order chi connectivity index (χ1) is 8.00. The van der Waals surface area contributed by atoms with Gasteiger partial charge in [-0.3, -0.25) is 4.79 Å². The zero-order valence-corrected chi connectivity index (χ0v) is 10.8. The molecule has 2 N–H and O–H groups in total. The van der Waals surface area contributed by atoms with Crippen LogP contribution in [0.4, 0.5) is 6.01 Å². The van der Waals surface area contributed by atoms with Crippen molar-refractivity contribution in [1.82, 2.24) is 15.5 Å². The SMILES string of the molecule is CC(C)C(=O)NCCNc1nc(C(C)C)no1. The molecule has 0 aliphatic rings. The number of hydrogen-bond donors (Lipinski definition) is 2. The first kappa shape index (κ1) is 13.5. The first-order valence-corrected chi connectivity index (χ1v) is 5.86. The smallest absolute Gasteiger partial charge is 0.321 e. The Balaban J connectivity index is 2.24. The second-order valence-electron chi connectivity index (χ2n) is 4.48. The van der Waals surface area contributed by atoms with Gasteiger partial charge in [0.1, 0.15) is 0 Å². The normalized spacial score (nSPS) is 10.9. The van der Waals surface area contributed by atoms with E-state index in [9.17, 15) is 4.79 Å². The summed E-state index contributed by atoms with van der Waals surface area (Å²) in [5.41, 5.74) is 0. The van der Waals surface area contributed by atoms with Crippen molar-refractivity contribution in [3.05, 3.63) is 5.82 Å². The van der Waals surface area contributed by atoms with Gasteiger partial charge in [-0.1, -0.05) is 32.9 Å². The summed E-state index contributed by atoms with van der Waals surface area (Å²) in [6, 6.07) is 0.396. The van der Waals surface area contributed by atoms with E-state index in [1.54, 1.807) is 0 Å². The summed E-state index contributed by atoms with van der Waals surface area (Å²) in [5, 5.41) is 9.57. The molecule has 1 heterocycles. The lowest BCUT2D eigenvalue weighted by atomic mass is 10.2. The number of rotatable bonds is 6. The van der Waals surface area contributed by atoms with Gasteiger partial charge >= 0.3 is 6.01 Å². The zero-order chi connectivity index (χ0) is 12.8. The highest BCUT2D eigenvalue weighted by Gasteiger charge is 2.09. The summed E-state index contributed by atoms with van der Waals surface area (Å²) in [5.74, 6) is 0.972. The average Bonchev–Trinajstić information content (AvgIpc) is 2.72. The van der Waals surface area contributed by atoms with E-state index in [-0.39, 0.29) is 17.7 Å². The molecule has 0 fully saturated rings. The number of amides is 1. The molecular formula is C11H20N4O2. The minimum absolute atomic E-state index is 0.00551. The summed E-state index contributed by atoms with van der Waals surface area (Å²) < 4.78 is 5.00. The van der Waals surface area contributed by atoms with E-state index in [0.29, 0.717) is 24.9 Å². The summed E-state index contributed by atoms with van der Waals surface area (Å²) in [6.07, 6.45) is 0. The van der Waals surface area contributed by atoms with Crippen molar-refractivity contribution in [2.24, 2.45) is 5.92 Å². The molecule has 0 spiro atoms. The molecule has 0 radical (unpaired) electrons. The van der Waals surface area contributed by atoms with Gasteiger partial charge in [-0.2, -0.15) is 4.98 Å². The highest BCUT2D eigenvalue weighted by Crippen LogP contribution is 2.11. The van der Waals surface area contributed by atoms with E-state index in [1.165, 1.54) is 0 Å². The summed E-state index contributed by atoms with van der Waals surface area (Å²) in [7, 11) is 0. The Labute approximate surface area is 101 Å². The fourth-order valence-electron chi connectivity index (χ4n) is 1.10. The Morgan fingerprint density at radius 3 is 2.53 bits per heavy atom. The third-order valence-electron chi connectivity index (χ3n) is 2.18. The summed E-state index contributed by atoms with van der Waals surface area (Å²) in [6.45, 7) is 8.81. The highest BCUT2D eigenvalue weighted by molar-refractivity contribution is 5.77. The number of aromatic nitrogens is 2. The fraction of sp³-hybridized carbons (Fsp3) is 0.727. The molecule has 0 atom stereocenters. The molecule has 0 saturated carbocycles. The lowest BCUT2D eigenvalue weighted by molar-refractivity contribution is -0.123. The van der Waals surface area contributed by atoms with Gasteiger partial charge in [0.15, 0.2) is 5.82 Å². The molecule has 1 amide bonds. The maximum absolute atomic E-state index is 11.3. The predicted molar refractivity (Wildman–Crippen MR) is 64.7 cm³/mol. The molecule has 0 aromatic carbocycles. The second-order valence-corrected chi connectivity index (χ2v) is 4.48. The van der Waals surface area contributed by atoms with Crippen LogP contribution in [0, 0.1) is 5.92 Å². The van der Waals surface area contributed by atoms with Crippen LogP contribution in [0.1, 0.15) is 39.4 Å². The molecule has 0 unspecified atom stereocenters. The number of anilines is 1. The van der Waals surface area contributed by atoms with Crippen molar-refractivity contribution >= 4 is 11.9 Å². The molecule has 0 aliphatic heterocycles. The van der Waals surface area contributed by atoms with Gasteiger partial charge in [0.05, 0.1) is 0 Å². The predicted octanol–water partition coefficient (Wildman–Crippen LogP) is 1.38. The lowest BCUT2D eigenvalue weighted by Crippen LogP contribution is -2.31. The van der Waals surface area contributed by atoms with Crippen LogP contribution in [-0.2, 0) is 4.79 Å². The average molecular weight is 240 g/mol. The van der Waals surface area contributed by atoms with Gasteiger partial charge in [0.2, 0.25) is 5.91 Å². The molecule has 96 valence electrons. The van der Waals surface area contributed by atoms with Crippen molar-refractivity contribution in [3.8, 4) is 0 Å². The molecule has 6 nitrogen and oxygen atoms in total. The van der Waals surface area contributed by atoms with Crippen LogP contribution in [0.5, 0.6) is 0 Å². The molecule has 1 aromatic heterocycles. The van der Waals surface area contributed by atoms with E-state index in [1.807, 2.05) is 27.7 Å². The Morgan fingerprint density at radius 2 is 2.00 bits per heavy atom. The monoisotopic (exact) mass is 240 g/mol. The topological polar surface area (TPSA) is 80.0 Å². The maximum atomic E-state index is 11.3. The van der Waals surface area contributed by atoms with Crippen LogP contribution in [0.15, 0.2) is 4.52 Å². The molecule has 0 bridgehead atoms. The molecule has 0 aliphatic carbocycles. The number of carbonyl (C=O) groups is 1. The number of carbonyl (C=O) groups excluding carboxylic acids is 1. The lowest BCUT2D eigenvalue weighted by Gasteiger charge is -2.06. The van der Waals surface area contributed by atoms with E-state index in [2.05, 4.69) is 20.8 Å². The van der Waals surface area contributed by atoms with Crippen LogP contribution < -0.4 is 10.6 Å². The standard InChI is InChI=1S/C11H20N4O2/c1-7(2)9-14-11(17-15-9)13-6-5-12-10(16)8(3)4/h7-8H,5-6H2,1-4H3,(H,12,16)(H,13,14,15). The minimum Gasteiger partial charge on any atom is -0.354 e. The van der Waals surface area contributed by atoms with Crippen LogP contribution in [0.2, 0.25) is 0 Å². The quantitative estimate of drug-likeness (QED) is 0.734. The van der Waals surface area contributed by atoms with E-state index in [4.69, 9.17) is 4.52 Å². The van der Waals surface area contributed by atoms with Crippen molar-refractivity contribution in [1.29, 1.82) is 0 Å². The molecule has 6 heteroatoms. The van der Waals surface area contributed by atoms with Crippen LogP contribution >= 0.6 is 0 Å². The van der Waals surface area contributed by atoms with Crippen molar-refractivity contribution < 1.29 is 9.32 Å². The molecule has 1 rings (SSSR count). The van der Waals surface area contributed by atoms with E-state index >= 15 is 0 Å². The van der Waals surface area contributed by atoms with Crippen LogP contribution in [0.25, 0.3) is 0 Å². The summed E-state index contributed by atoms with van der Waals surface area (Å²) >= 11 is 0.